The number of benzene rings is 1. The van der Waals surface area contributed by atoms with Crippen LogP contribution >= 0.6 is 0 Å². The van der Waals surface area contributed by atoms with E-state index in [-0.39, 0.29) is 18.0 Å². The number of halogens is 1. The Morgan fingerprint density at radius 3 is 2.88 bits per heavy atom. The Morgan fingerprint density at radius 1 is 1.50 bits per heavy atom. The zero-order chi connectivity index (χ0) is 11.5. The second kappa shape index (κ2) is 4.26. The smallest absolute Gasteiger partial charge is 0.149 e. The van der Waals surface area contributed by atoms with Crippen LogP contribution in [0.1, 0.15) is 12.5 Å². The predicted octanol–water partition coefficient (Wildman–Crippen LogP) is 2.14. The van der Waals surface area contributed by atoms with E-state index in [0.717, 1.165) is 0 Å². The van der Waals surface area contributed by atoms with Crippen molar-refractivity contribution in [3.8, 4) is 5.69 Å². The summed E-state index contributed by atoms with van der Waals surface area (Å²) in [5.74, 6) is -0.353. The molecule has 0 spiro atoms. The number of carbonyl (C=O) groups is 1. The molecule has 2 rings (SSSR count). The maximum Gasteiger partial charge on any atom is 0.149 e. The van der Waals surface area contributed by atoms with E-state index in [9.17, 15) is 9.18 Å². The number of Topliss-reactive ketones (excluding diaryl/α,β-unsaturated/α-hetero) is 1. The maximum absolute atomic E-state index is 13.7. The SMILES string of the molecule is CC(=O)Cc1ccc(-n2cccn2)c(F)c1. The lowest BCUT2D eigenvalue weighted by Gasteiger charge is -2.05. The summed E-state index contributed by atoms with van der Waals surface area (Å²) in [5.41, 5.74) is 1.07. The largest absolute Gasteiger partial charge is 0.300 e. The number of hydrogen-bond donors (Lipinski definition) is 0. The van der Waals surface area contributed by atoms with Crippen LogP contribution in [0, 0.1) is 5.82 Å². The minimum absolute atomic E-state index is 0.0197. The molecule has 0 N–H and O–H groups in total. The van der Waals surface area contributed by atoms with Gasteiger partial charge >= 0.3 is 0 Å². The zero-order valence-electron chi connectivity index (χ0n) is 8.85. The van der Waals surface area contributed by atoms with Crippen LogP contribution in [0.25, 0.3) is 5.69 Å². The Bertz CT molecular complexity index is 506. The standard InChI is InChI=1S/C12H11FN2O/c1-9(16)7-10-3-4-12(11(13)8-10)15-6-2-5-14-15/h2-6,8H,7H2,1H3. The summed E-state index contributed by atoms with van der Waals surface area (Å²) in [6.45, 7) is 1.49. The molecule has 4 heteroatoms. The highest BCUT2D eigenvalue weighted by atomic mass is 19.1. The van der Waals surface area contributed by atoms with Gasteiger partial charge in [0.25, 0.3) is 0 Å². The molecule has 0 saturated carbocycles. The maximum atomic E-state index is 13.7. The van der Waals surface area contributed by atoms with Gasteiger partial charge in [0.2, 0.25) is 0 Å². The number of hydrogen-bond acceptors (Lipinski definition) is 2. The number of nitrogens with zero attached hydrogens (tertiary/aromatic N) is 2. The van der Waals surface area contributed by atoms with Crippen LogP contribution in [-0.4, -0.2) is 15.6 Å². The molecule has 16 heavy (non-hydrogen) atoms. The third-order valence-electron chi connectivity index (χ3n) is 2.22. The lowest BCUT2D eigenvalue weighted by molar-refractivity contribution is -0.116. The monoisotopic (exact) mass is 218 g/mol. The molecular weight excluding hydrogens is 207 g/mol. The minimum Gasteiger partial charge on any atom is -0.300 e. The second-order valence-corrected chi connectivity index (χ2v) is 3.62. The molecule has 1 aromatic heterocycles. The van der Waals surface area contributed by atoms with Crippen molar-refractivity contribution < 1.29 is 9.18 Å². The first-order chi connectivity index (χ1) is 7.66. The highest BCUT2D eigenvalue weighted by Gasteiger charge is 2.06. The molecule has 0 aliphatic carbocycles. The van der Waals surface area contributed by atoms with Gasteiger partial charge in [-0.05, 0) is 30.7 Å². The molecule has 0 amide bonds. The van der Waals surface area contributed by atoms with E-state index in [1.54, 1.807) is 30.6 Å². The van der Waals surface area contributed by atoms with E-state index >= 15 is 0 Å². The zero-order valence-corrected chi connectivity index (χ0v) is 8.85. The summed E-state index contributed by atoms with van der Waals surface area (Å²) in [7, 11) is 0. The van der Waals surface area contributed by atoms with Gasteiger partial charge in [-0.25, -0.2) is 9.07 Å². The fourth-order valence-electron chi connectivity index (χ4n) is 1.54. The van der Waals surface area contributed by atoms with Gasteiger partial charge in [0, 0.05) is 18.8 Å². The highest BCUT2D eigenvalue weighted by Crippen LogP contribution is 2.14. The van der Waals surface area contributed by atoms with Crippen molar-refractivity contribution in [2.45, 2.75) is 13.3 Å². The number of aromatic nitrogens is 2. The lowest BCUT2D eigenvalue weighted by atomic mass is 10.1. The van der Waals surface area contributed by atoms with Crippen LogP contribution < -0.4 is 0 Å². The third-order valence-corrected chi connectivity index (χ3v) is 2.22. The van der Waals surface area contributed by atoms with Crippen molar-refractivity contribution in [1.82, 2.24) is 9.78 Å². The van der Waals surface area contributed by atoms with Crippen LogP contribution in [0.4, 0.5) is 4.39 Å². The average Bonchev–Trinajstić information content (AvgIpc) is 2.69. The Labute approximate surface area is 92.5 Å². The molecule has 82 valence electrons. The molecule has 1 aromatic carbocycles. The summed E-state index contributed by atoms with van der Waals surface area (Å²) >= 11 is 0. The van der Waals surface area contributed by atoms with Gasteiger partial charge in [-0.2, -0.15) is 5.10 Å². The molecule has 0 atom stereocenters. The van der Waals surface area contributed by atoms with E-state index in [2.05, 4.69) is 5.10 Å². The van der Waals surface area contributed by atoms with Crippen LogP contribution in [0.3, 0.4) is 0 Å². The van der Waals surface area contributed by atoms with Crippen molar-refractivity contribution in [3.63, 3.8) is 0 Å². The Hall–Kier alpha value is -1.97. The Morgan fingerprint density at radius 2 is 2.31 bits per heavy atom. The first-order valence-electron chi connectivity index (χ1n) is 4.94. The summed E-state index contributed by atoms with van der Waals surface area (Å²) in [6.07, 6.45) is 3.52. The molecule has 3 nitrogen and oxygen atoms in total. The van der Waals surface area contributed by atoms with Gasteiger partial charge in [0.1, 0.15) is 17.3 Å². The molecule has 2 aromatic rings. The summed E-state index contributed by atoms with van der Waals surface area (Å²) < 4.78 is 15.1. The third kappa shape index (κ3) is 2.16. The second-order valence-electron chi connectivity index (χ2n) is 3.62. The fourth-order valence-corrected chi connectivity index (χ4v) is 1.54. The quantitative estimate of drug-likeness (QED) is 0.791. The number of ketones is 1. The summed E-state index contributed by atoms with van der Waals surface area (Å²) in [4.78, 5) is 10.9. The Balaban J connectivity index is 2.34. The summed E-state index contributed by atoms with van der Waals surface area (Å²) in [5, 5.41) is 3.95. The van der Waals surface area contributed by atoms with E-state index < -0.39 is 0 Å². The van der Waals surface area contributed by atoms with E-state index in [0.29, 0.717) is 11.3 Å². The number of rotatable bonds is 3. The molecular formula is C12H11FN2O. The Kier molecular flexibility index (Phi) is 2.81. The van der Waals surface area contributed by atoms with Gasteiger partial charge < -0.3 is 0 Å². The van der Waals surface area contributed by atoms with Crippen LogP contribution in [0.2, 0.25) is 0 Å². The highest BCUT2D eigenvalue weighted by molar-refractivity contribution is 5.78. The van der Waals surface area contributed by atoms with Crippen LogP contribution in [-0.2, 0) is 11.2 Å². The van der Waals surface area contributed by atoms with Gasteiger partial charge in [-0.3, -0.25) is 4.79 Å². The molecule has 0 radical (unpaired) electrons. The van der Waals surface area contributed by atoms with Crippen LogP contribution in [0.15, 0.2) is 36.7 Å². The molecule has 0 saturated heterocycles. The van der Waals surface area contributed by atoms with Crippen LogP contribution in [0.5, 0.6) is 0 Å². The molecule has 0 aliphatic heterocycles. The average molecular weight is 218 g/mol. The van der Waals surface area contributed by atoms with Gasteiger partial charge in [-0.1, -0.05) is 6.07 Å². The minimum atomic E-state index is -0.373. The van der Waals surface area contributed by atoms with Crippen molar-refractivity contribution in [2.75, 3.05) is 0 Å². The van der Waals surface area contributed by atoms with Gasteiger partial charge in [-0.15, -0.1) is 0 Å². The summed E-state index contributed by atoms with van der Waals surface area (Å²) in [6, 6.07) is 6.46. The lowest BCUT2D eigenvalue weighted by Crippen LogP contribution is -2.01. The normalized spacial score (nSPS) is 10.4. The van der Waals surface area contributed by atoms with E-state index in [1.807, 2.05) is 0 Å². The molecule has 0 aliphatic rings. The molecule has 0 unspecified atom stereocenters. The fraction of sp³-hybridized carbons (Fsp3) is 0.167. The molecule has 0 bridgehead atoms. The van der Waals surface area contributed by atoms with Gasteiger partial charge in [0.05, 0.1) is 0 Å². The van der Waals surface area contributed by atoms with Crippen molar-refractivity contribution in [3.05, 3.63) is 48.0 Å². The van der Waals surface area contributed by atoms with Crippen molar-refractivity contribution in [2.24, 2.45) is 0 Å². The van der Waals surface area contributed by atoms with Gasteiger partial charge in [0.15, 0.2) is 0 Å². The predicted molar refractivity (Wildman–Crippen MR) is 57.9 cm³/mol. The van der Waals surface area contributed by atoms with Crippen molar-refractivity contribution >= 4 is 5.78 Å². The first-order valence-corrected chi connectivity index (χ1v) is 4.94. The first kappa shape index (κ1) is 10.5. The van der Waals surface area contributed by atoms with E-state index in [4.69, 9.17) is 0 Å². The number of carbonyl (C=O) groups excluding carboxylic acids is 1. The van der Waals surface area contributed by atoms with E-state index in [1.165, 1.54) is 17.7 Å². The topological polar surface area (TPSA) is 34.9 Å². The molecule has 0 fully saturated rings. The van der Waals surface area contributed by atoms with Crippen molar-refractivity contribution in [1.29, 1.82) is 0 Å². The molecule has 1 heterocycles.